The van der Waals surface area contributed by atoms with Gasteiger partial charge < -0.3 is 5.32 Å². The zero-order valence-corrected chi connectivity index (χ0v) is 16.6. The molecule has 3 aromatic rings. The summed E-state index contributed by atoms with van der Waals surface area (Å²) in [5.41, 5.74) is -1.02. The fourth-order valence-corrected chi connectivity index (χ4v) is 3.28. The molecule has 0 atom stereocenters. The number of carbonyl (C=O) groups is 1. The standard InChI is InChI=1S/C16H12ClF3N6O3S/c1-30(28,29)12-3-9(2-11(17)4-12)14(27)21-7-13-24-8-25-26(13)15-22-5-10(6-23-15)16(18,19)20/h2-6,8H,7H2,1H3,(H,21,27). The number of aromatic nitrogens is 5. The lowest BCUT2D eigenvalue weighted by molar-refractivity contribution is -0.138. The van der Waals surface area contributed by atoms with Gasteiger partial charge in [0.1, 0.15) is 6.33 Å². The molecule has 30 heavy (non-hydrogen) atoms. The molecule has 0 bridgehead atoms. The second-order valence-electron chi connectivity index (χ2n) is 5.99. The van der Waals surface area contributed by atoms with Gasteiger partial charge in [-0.2, -0.15) is 23.0 Å². The van der Waals surface area contributed by atoms with E-state index in [4.69, 9.17) is 11.6 Å². The minimum Gasteiger partial charge on any atom is -0.345 e. The predicted molar refractivity (Wildman–Crippen MR) is 97.7 cm³/mol. The van der Waals surface area contributed by atoms with E-state index in [0.29, 0.717) is 12.4 Å². The highest BCUT2D eigenvalue weighted by Gasteiger charge is 2.31. The highest BCUT2D eigenvalue weighted by atomic mass is 35.5. The molecule has 0 radical (unpaired) electrons. The molecular formula is C16H12ClF3N6O3S. The first-order valence-corrected chi connectivity index (χ1v) is 10.3. The molecule has 0 saturated carbocycles. The lowest BCUT2D eigenvalue weighted by Gasteiger charge is -2.09. The maximum Gasteiger partial charge on any atom is 0.419 e. The molecule has 0 unspecified atom stereocenters. The molecule has 3 rings (SSSR count). The predicted octanol–water partition coefficient (Wildman–Crippen LogP) is 2.06. The number of hydrogen-bond acceptors (Lipinski definition) is 7. The number of hydrogen-bond donors (Lipinski definition) is 1. The minimum atomic E-state index is -4.58. The van der Waals surface area contributed by atoms with Crippen LogP contribution >= 0.6 is 11.6 Å². The lowest BCUT2D eigenvalue weighted by atomic mass is 10.2. The molecule has 1 aromatic carbocycles. The van der Waals surface area contributed by atoms with E-state index in [1.54, 1.807) is 0 Å². The van der Waals surface area contributed by atoms with E-state index in [2.05, 4.69) is 25.4 Å². The molecule has 0 spiro atoms. The van der Waals surface area contributed by atoms with Crippen molar-refractivity contribution in [1.29, 1.82) is 0 Å². The Labute approximate surface area is 172 Å². The Morgan fingerprint density at radius 3 is 2.43 bits per heavy atom. The van der Waals surface area contributed by atoms with E-state index >= 15 is 0 Å². The summed E-state index contributed by atoms with van der Waals surface area (Å²) in [5.74, 6) is -0.689. The van der Waals surface area contributed by atoms with E-state index in [0.717, 1.165) is 17.3 Å². The van der Waals surface area contributed by atoms with Gasteiger partial charge >= 0.3 is 6.18 Å². The quantitative estimate of drug-likeness (QED) is 0.618. The Balaban J connectivity index is 1.78. The van der Waals surface area contributed by atoms with Gasteiger partial charge in [0.15, 0.2) is 15.7 Å². The molecule has 0 fully saturated rings. The third-order valence-corrected chi connectivity index (χ3v) is 5.05. The van der Waals surface area contributed by atoms with Crippen LogP contribution in [-0.4, -0.2) is 45.3 Å². The first-order valence-electron chi connectivity index (χ1n) is 8.02. The van der Waals surface area contributed by atoms with Gasteiger partial charge in [0.2, 0.25) is 0 Å². The number of rotatable bonds is 5. The van der Waals surface area contributed by atoms with Gasteiger partial charge in [-0.1, -0.05) is 11.6 Å². The van der Waals surface area contributed by atoms with Crippen molar-refractivity contribution >= 4 is 27.3 Å². The number of carbonyl (C=O) groups excluding carboxylic acids is 1. The highest BCUT2D eigenvalue weighted by molar-refractivity contribution is 7.90. The third-order valence-electron chi connectivity index (χ3n) is 3.74. The van der Waals surface area contributed by atoms with Crippen molar-refractivity contribution in [2.75, 3.05) is 6.26 Å². The van der Waals surface area contributed by atoms with Crippen LogP contribution in [0.1, 0.15) is 21.7 Å². The number of halogens is 4. The van der Waals surface area contributed by atoms with E-state index < -0.39 is 27.5 Å². The summed E-state index contributed by atoms with van der Waals surface area (Å²) in [6.07, 6.45) is -1.29. The molecule has 0 aliphatic rings. The summed E-state index contributed by atoms with van der Waals surface area (Å²) in [7, 11) is -3.58. The monoisotopic (exact) mass is 460 g/mol. The van der Waals surface area contributed by atoms with E-state index in [-0.39, 0.29) is 33.8 Å². The lowest BCUT2D eigenvalue weighted by Crippen LogP contribution is -2.25. The van der Waals surface area contributed by atoms with Crippen LogP contribution in [0.4, 0.5) is 13.2 Å². The maximum absolute atomic E-state index is 12.6. The molecule has 2 heterocycles. The summed E-state index contributed by atoms with van der Waals surface area (Å²) in [5, 5.41) is 6.40. The van der Waals surface area contributed by atoms with Gasteiger partial charge in [-0.3, -0.25) is 4.79 Å². The highest BCUT2D eigenvalue weighted by Crippen LogP contribution is 2.28. The van der Waals surface area contributed by atoms with Gasteiger partial charge in [-0.05, 0) is 18.2 Å². The van der Waals surface area contributed by atoms with Crippen molar-refractivity contribution in [2.45, 2.75) is 17.6 Å². The fraction of sp³-hybridized carbons (Fsp3) is 0.188. The summed E-state index contributed by atoms with van der Waals surface area (Å²) < 4.78 is 62.3. The Bertz CT molecular complexity index is 1200. The smallest absolute Gasteiger partial charge is 0.345 e. The van der Waals surface area contributed by atoms with Gasteiger partial charge in [-0.25, -0.2) is 23.4 Å². The normalized spacial score (nSPS) is 12.0. The SMILES string of the molecule is CS(=O)(=O)c1cc(Cl)cc(C(=O)NCc2ncnn2-c2ncc(C(F)(F)F)cn2)c1. The Morgan fingerprint density at radius 1 is 1.17 bits per heavy atom. The van der Waals surface area contributed by atoms with Crippen LogP contribution in [0.2, 0.25) is 5.02 Å². The first-order chi connectivity index (χ1) is 13.9. The van der Waals surface area contributed by atoms with Crippen LogP contribution in [0.25, 0.3) is 5.95 Å². The summed E-state index contributed by atoms with van der Waals surface area (Å²) in [6.45, 7) is -0.191. The molecule has 0 aliphatic heterocycles. The van der Waals surface area contributed by atoms with Gasteiger partial charge in [0, 0.05) is 29.2 Å². The summed E-state index contributed by atoms with van der Waals surface area (Å²) >= 11 is 5.88. The zero-order valence-electron chi connectivity index (χ0n) is 15.1. The largest absolute Gasteiger partial charge is 0.419 e. The van der Waals surface area contributed by atoms with Crippen LogP contribution < -0.4 is 5.32 Å². The molecule has 0 aliphatic carbocycles. The first kappa shape index (κ1) is 21.6. The second-order valence-corrected chi connectivity index (χ2v) is 8.44. The van der Waals surface area contributed by atoms with Crippen LogP contribution in [0.5, 0.6) is 0 Å². The fourth-order valence-electron chi connectivity index (χ4n) is 2.30. The molecule has 0 saturated heterocycles. The number of nitrogens with one attached hydrogen (secondary N) is 1. The number of alkyl halides is 3. The summed E-state index contributed by atoms with van der Waals surface area (Å²) in [4.78, 5) is 23.4. The van der Waals surface area contributed by atoms with Crippen molar-refractivity contribution in [3.63, 3.8) is 0 Å². The van der Waals surface area contributed by atoms with Gasteiger partial charge in [-0.15, -0.1) is 0 Å². The Kier molecular flexibility index (Phi) is 5.76. The molecule has 1 amide bonds. The molecule has 9 nitrogen and oxygen atoms in total. The average Bonchev–Trinajstić information content (AvgIpc) is 3.13. The number of benzene rings is 1. The molecule has 158 valence electrons. The van der Waals surface area contributed by atoms with Crippen LogP contribution in [0.15, 0.2) is 41.8 Å². The minimum absolute atomic E-state index is 0.000213. The number of sulfone groups is 1. The summed E-state index contributed by atoms with van der Waals surface area (Å²) in [6, 6.07) is 3.67. The Morgan fingerprint density at radius 2 is 1.83 bits per heavy atom. The van der Waals surface area contributed by atoms with Crippen molar-refractivity contribution < 1.29 is 26.4 Å². The number of nitrogens with zero attached hydrogens (tertiary/aromatic N) is 5. The van der Waals surface area contributed by atoms with Crippen LogP contribution in [-0.2, 0) is 22.6 Å². The van der Waals surface area contributed by atoms with Crippen molar-refractivity contribution in [3.05, 3.63) is 58.9 Å². The third kappa shape index (κ3) is 4.91. The molecular weight excluding hydrogens is 449 g/mol. The van der Waals surface area contributed by atoms with Gasteiger partial charge in [0.05, 0.1) is 17.0 Å². The topological polar surface area (TPSA) is 120 Å². The second kappa shape index (κ2) is 7.99. The van der Waals surface area contributed by atoms with E-state index in [9.17, 15) is 26.4 Å². The van der Waals surface area contributed by atoms with Crippen molar-refractivity contribution in [1.82, 2.24) is 30.0 Å². The average molecular weight is 461 g/mol. The van der Waals surface area contributed by atoms with Crippen molar-refractivity contribution in [3.8, 4) is 5.95 Å². The van der Waals surface area contributed by atoms with E-state index in [1.165, 1.54) is 18.2 Å². The maximum atomic E-state index is 12.6. The molecule has 2 aromatic heterocycles. The number of amides is 1. The molecule has 14 heteroatoms. The zero-order chi connectivity index (χ0) is 22.1. The van der Waals surface area contributed by atoms with Gasteiger partial charge in [0.25, 0.3) is 11.9 Å². The van der Waals surface area contributed by atoms with E-state index in [1.807, 2.05) is 0 Å². The van der Waals surface area contributed by atoms with Crippen molar-refractivity contribution in [2.24, 2.45) is 0 Å². The van der Waals surface area contributed by atoms with Crippen LogP contribution in [0, 0.1) is 0 Å². The van der Waals surface area contributed by atoms with Crippen LogP contribution in [0.3, 0.4) is 0 Å². The Hall–Kier alpha value is -3.06. The molecule has 1 N–H and O–H groups in total.